The van der Waals surface area contributed by atoms with E-state index < -0.39 is 0 Å². The van der Waals surface area contributed by atoms with Crippen molar-refractivity contribution in [1.82, 2.24) is 5.01 Å². The van der Waals surface area contributed by atoms with Crippen LogP contribution >= 0.6 is 0 Å². The third kappa shape index (κ3) is 1.70. The van der Waals surface area contributed by atoms with Crippen LogP contribution in [-0.2, 0) is 4.79 Å². The van der Waals surface area contributed by atoms with Gasteiger partial charge in [0.15, 0.2) is 0 Å². The van der Waals surface area contributed by atoms with Gasteiger partial charge in [-0.05, 0) is 24.3 Å². The second-order valence-corrected chi connectivity index (χ2v) is 3.50. The molecule has 0 saturated carbocycles. The van der Waals surface area contributed by atoms with E-state index in [0.717, 1.165) is 12.0 Å². The minimum absolute atomic E-state index is 0.120. The highest BCUT2D eigenvalue weighted by molar-refractivity contribution is 5.82. The fourth-order valence-corrected chi connectivity index (χ4v) is 1.68. The molecule has 15 heavy (non-hydrogen) atoms. The number of rotatable bonds is 2. The zero-order valence-corrected chi connectivity index (χ0v) is 8.51. The molecule has 0 spiro atoms. The average molecular weight is 204 g/mol. The Morgan fingerprint density at radius 1 is 1.27 bits per heavy atom. The topological polar surface area (TPSA) is 40.6 Å². The summed E-state index contributed by atoms with van der Waals surface area (Å²) in [5, 5.41) is 3.51. The zero-order chi connectivity index (χ0) is 10.8. The molecular weight excluding hydrogens is 192 g/mol. The number of hydrogen-bond acceptors (Lipinski definition) is 3. The van der Waals surface area contributed by atoms with Crippen molar-refractivity contribution in [3.8, 4) is 0 Å². The molecule has 0 atom stereocenters. The van der Waals surface area contributed by atoms with E-state index in [2.05, 4.69) is 0 Å². The predicted octanol–water partition coefficient (Wildman–Crippen LogP) is 1.08. The van der Waals surface area contributed by atoms with E-state index in [1.165, 1.54) is 0 Å². The summed E-state index contributed by atoms with van der Waals surface area (Å²) in [6.07, 6.45) is 1.36. The van der Waals surface area contributed by atoms with Crippen LogP contribution in [-0.4, -0.2) is 30.8 Å². The minimum Gasteiger partial charge on any atom is -0.298 e. The van der Waals surface area contributed by atoms with Gasteiger partial charge in [0.2, 0.25) is 5.91 Å². The molecule has 1 saturated heterocycles. The van der Waals surface area contributed by atoms with Crippen molar-refractivity contribution in [2.75, 3.05) is 18.6 Å². The number of carbonyl (C=O) groups excluding carboxylic acids is 2. The summed E-state index contributed by atoms with van der Waals surface area (Å²) < 4.78 is 0. The van der Waals surface area contributed by atoms with Crippen LogP contribution in [0.2, 0.25) is 0 Å². The molecule has 1 fully saturated rings. The second-order valence-electron chi connectivity index (χ2n) is 3.50. The van der Waals surface area contributed by atoms with Gasteiger partial charge in [0.25, 0.3) is 0 Å². The molecule has 78 valence electrons. The Morgan fingerprint density at radius 2 is 1.93 bits per heavy atom. The summed E-state index contributed by atoms with van der Waals surface area (Å²) in [6, 6.07) is 7.19. The van der Waals surface area contributed by atoms with Gasteiger partial charge in [-0.3, -0.25) is 19.6 Å². The number of nitrogens with zero attached hydrogens (tertiary/aromatic N) is 2. The largest absolute Gasteiger partial charge is 0.298 e. The lowest BCUT2D eigenvalue weighted by molar-refractivity contribution is -0.126. The van der Waals surface area contributed by atoms with Crippen molar-refractivity contribution in [3.05, 3.63) is 29.8 Å². The summed E-state index contributed by atoms with van der Waals surface area (Å²) in [6.45, 7) is 0.704. The maximum atomic E-state index is 11.3. The van der Waals surface area contributed by atoms with E-state index in [4.69, 9.17) is 0 Å². The van der Waals surface area contributed by atoms with E-state index in [1.807, 2.05) is 17.1 Å². The van der Waals surface area contributed by atoms with Gasteiger partial charge in [0, 0.05) is 25.6 Å². The molecule has 4 heteroatoms. The van der Waals surface area contributed by atoms with Crippen molar-refractivity contribution in [1.29, 1.82) is 0 Å². The molecule has 0 aliphatic carbocycles. The van der Waals surface area contributed by atoms with Crippen LogP contribution in [0.4, 0.5) is 5.69 Å². The fourth-order valence-electron chi connectivity index (χ4n) is 1.68. The van der Waals surface area contributed by atoms with Gasteiger partial charge < -0.3 is 0 Å². The molecule has 0 N–H and O–H groups in total. The second kappa shape index (κ2) is 3.73. The van der Waals surface area contributed by atoms with Crippen molar-refractivity contribution in [3.63, 3.8) is 0 Å². The first-order chi connectivity index (χ1) is 7.22. The van der Waals surface area contributed by atoms with Crippen LogP contribution in [0.5, 0.6) is 0 Å². The number of amides is 1. The van der Waals surface area contributed by atoms with Crippen LogP contribution < -0.4 is 5.01 Å². The summed E-state index contributed by atoms with van der Waals surface area (Å²) >= 11 is 0. The molecule has 1 aliphatic rings. The molecule has 0 unspecified atom stereocenters. The monoisotopic (exact) mass is 204 g/mol. The lowest BCUT2D eigenvalue weighted by Gasteiger charge is -2.25. The van der Waals surface area contributed by atoms with Gasteiger partial charge in [0.1, 0.15) is 6.29 Å². The number of aldehydes is 1. The smallest absolute Gasteiger partial charge is 0.242 e. The van der Waals surface area contributed by atoms with Crippen molar-refractivity contribution in [2.45, 2.75) is 6.42 Å². The SMILES string of the molecule is CN1C(=O)CCN1c1ccc(C=O)cc1. The van der Waals surface area contributed by atoms with Crippen molar-refractivity contribution >= 4 is 17.9 Å². The molecule has 1 aromatic rings. The highest BCUT2D eigenvalue weighted by Crippen LogP contribution is 2.21. The summed E-state index contributed by atoms with van der Waals surface area (Å²) in [4.78, 5) is 21.8. The van der Waals surface area contributed by atoms with E-state index in [0.29, 0.717) is 18.5 Å². The van der Waals surface area contributed by atoms with Crippen LogP contribution in [0.25, 0.3) is 0 Å². The third-order valence-corrected chi connectivity index (χ3v) is 2.59. The van der Waals surface area contributed by atoms with Crippen LogP contribution in [0, 0.1) is 0 Å². The Labute approximate surface area is 88.1 Å². The molecule has 0 aromatic heterocycles. The summed E-state index contributed by atoms with van der Waals surface area (Å²) in [7, 11) is 1.75. The zero-order valence-electron chi connectivity index (χ0n) is 8.51. The number of anilines is 1. The third-order valence-electron chi connectivity index (χ3n) is 2.59. The van der Waals surface area contributed by atoms with Gasteiger partial charge in [-0.25, -0.2) is 0 Å². The maximum Gasteiger partial charge on any atom is 0.242 e. The first-order valence-electron chi connectivity index (χ1n) is 4.81. The number of carbonyl (C=O) groups is 2. The van der Waals surface area contributed by atoms with Crippen LogP contribution in [0.1, 0.15) is 16.8 Å². The fraction of sp³-hybridized carbons (Fsp3) is 0.273. The van der Waals surface area contributed by atoms with Crippen LogP contribution in [0.3, 0.4) is 0 Å². The molecule has 0 radical (unpaired) electrons. The normalized spacial score (nSPS) is 15.9. The van der Waals surface area contributed by atoms with Gasteiger partial charge in [-0.1, -0.05) is 0 Å². The van der Waals surface area contributed by atoms with Crippen molar-refractivity contribution in [2.24, 2.45) is 0 Å². The minimum atomic E-state index is 0.120. The van der Waals surface area contributed by atoms with Gasteiger partial charge >= 0.3 is 0 Å². The molecule has 1 heterocycles. The van der Waals surface area contributed by atoms with Gasteiger partial charge in [0.05, 0.1) is 5.69 Å². The quantitative estimate of drug-likeness (QED) is 0.677. The Balaban J connectivity index is 2.23. The molecule has 1 amide bonds. The highest BCUT2D eigenvalue weighted by Gasteiger charge is 2.25. The van der Waals surface area contributed by atoms with Crippen LogP contribution in [0.15, 0.2) is 24.3 Å². The average Bonchev–Trinajstić information content (AvgIpc) is 2.60. The van der Waals surface area contributed by atoms with Crippen molar-refractivity contribution < 1.29 is 9.59 Å². The number of hydrazine groups is 1. The van der Waals surface area contributed by atoms with E-state index in [9.17, 15) is 9.59 Å². The lowest BCUT2D eigenvalue weighted by Crippen LogP contribution is -2.35. The Bertz CT molecular complexity index is 386. The molecule has 2 rings (SSSR count). The maximum absolute atomic E-state index is 11.3. The van der Waals surface area contributed by atoms with E-state index in [1.54, 1.807) is 24.2 Å². The van der Waals surface area contributed by atoms with E-state index in [-0.39, 0.29) is 5.91 Å². The first-order valence-corrected chi connectivity index (χ1v) is 4.81. The first kappa shape index (κ1) is 9.71. The Kier molecular flexibility index (Phi) is 2.41. The van der Waals surface area contributed by atoms with Gasteiger partial charge in [-0.15, -0.1) is 0 Å². The molecule has 1 aromatic carbocycles. The number of benzene rings is 1. The van der Waals surface area contributed by atoms with E-state index >= 15 is 0 Å². The molecule has 0 bridgehead atoms. The predicted molar refractivity (Wildman–Crippen MR) is 56.6 cm³/mol. The highest BCUT2D eigenvalue weighted by atomic mass is 16.2. The van der Waals surface area contributed by atoms with Gasteiger partial charge in [-0.2, -0.15) is 0 Å². The lowest BCUT2D eigenvalue weighted by atomic mass is 10.2. The molecule has 4 nitrogen and oxygen atoms in total. The molecule has 1 aliphatic heterocycles. The Morgan fingerprint density at radius 3 is 2.40 bits per heavy atom. The molecular formula is C11H12N2O2. The summed E-state index contributed by atoms with van der Waals surface area (Å²) in [5.41, 5.74) is 1.58. The number of hydrogen-bond donors (Lipinski definition) is 0. The standard InChI is InChI=1S/C11H12N2O2/c1-12-11(15)6-7-13(12)10-4-2-9(8-14)3-5-10/h2-5,8H,6-7H2,1H3. The summed E-state index contributed by atoms with van der Waals surface area (Å²) in [5.74, 6) is 0.120. The Hall–Kier alpha value is -1.84.